The Kier molecular flexibility index (Phi) is 1.04. The van der Waals surface area contributed by atoms with Crippen LogP contribution in [0.5, 0.6) is 0 Å². The maximum absolute atomic E-state index is 11.5. The first-order chi connectivity index (χ1) is 6.46. The lowest BCUT2D eigenvalue weighted by Crippen LogP contribution is -2.37. The Hall–Kier alpha value is -1.42. The van der Waals surface area contributed by atoms with Crippen LogP contribution in [0.2, 0.25) is 0 Å². The van der Waals surface area contributed by atoms with Crippen molar-refractivity contribution in [3.63, 3.8) is 0 Å². The first-order valence-electron chi connectivity index (χ1n) is 4.48. The summed E-state index contributed by atoms with van der Waals surface area (Å²) in [7, 11) is 0. The second-order valence-corrected chi connectivity index (χ2v) is 4.18. The van der Waals surface area contributed by atoms with Crippen LogP contribution >= 0.6 is 0 Å². The first kappa shape index (κ1) is 7.94. The van der Waals surface area contributed by atoms with Crippen LogP contribution in [0.3, 0.4) is 0 Å². The van der Waals surface area contributed by atoms with Crippen LogP contribution in [-0.2, 0) is 14.3 Å². The standard InChI is InChI=1S/C10H9NO3/c1-9-3-4-10(2,14-9)6-5(9)7(12)11-8(6)13/h3-4H,1-2H3,(H,11,12,13). The normalized spacial score (nSPS) is 43.6. The van der Waals surface area contributed by atoms with Gasteiger partial charge in [0.2, 0.25) is 0 Å². The van der Waals surface area contributed by atoms with Crippen LogP contribution in [0, 0.1) is 0 Å². The average molecular weight is 191 g/mol. The largest absolute Gasteiger partial charge is 0.351 e. The van der Waals surface area contributed by atoms with Crippen LogP contribution < -0.4 is 5.32 Å². The van der Waals surface area contributed by atoms with Crippen molar-refractivity contribution < 1.29 is 14.3 Å². The molecule has 1 N–H and O–H groups in total. The van der Waals surface area contributed by atoms with Crippen LogP contribution in [-0.4, -0.2) is 23.0 Å². The van der Waals surface area contributed by atoms with E-state index in [4.69, 9.17) is 4.74 Å². The summed E-state index contributed by atoms with van der Waals surface area (Å²) in [5, 5.41) is 2.30. The monoisotopic (exact) mass is 191 g/mol. The summed E-state index contributed by atoms with van der Waals surface area (Å²) in [6.45, 7) is 3.60. The van der Waals surface area contributed by atoms with Gasteiger partial charge in [0.05, 0.1) is 11.1 Å². The molecule has 0 aliphatic carbocycles. The molecular formula is C10H9NO3. The molecule has 0 saturated heterocycles. The molecule has 2 atom stereocenters. The fourth-order valence-electron chi connectivity index (χ4n) is 2.50. The lowest BCUT2D eigenvalue weighted by molar-refractivity contribution is -0.127. The van der Waals surface area contributed by atoms with Crippen molar-refractivity contribution in [1.29, 1.82) is 0 Å². The van der Waals surface area contributed by atoms with Gasteiger partial charge in [0.15, 0.2) is 0 Å². The molecule has 2 bridgehead atoms. The number of fused-ring (bicyclic) bond motifs is 4. The highest BCUT2D eigenvalue weighted by atomic mass is 16.5. The van der Waals surface area contributed by atoms with Crippen LogP contribution in [0.4, 0.5) is 0 Å². The molecule has 2 amide bonds. The Morgan fingerprint density at radius 1 is 1.07 bits per heavy atom. The van der Waals surface area contributed by atoms with Crippen molar-refractivity contribution in [1.82, 2.24) is 5.32 Å². The summed E-state index contributed by atoms with van der Waals surface area (Å²) < 4.78 is 5.69. The van der Waals surface area contributed by atoms with Gasteiger partial charge in [-0.05, 0) is 26.0 Å². The average Bonchev–Trinajstić information content (AvgIpc) is 2.60. The number of carbonyl (C=O) groups excluding carboxylic acids is 2. The molecule has 0 saturated carbocycles. The van der Waals surface area contributed by atoms with E-state index in [2.05, 4.69) is 5.32 Å². The van der Waals surface area contributed by atoms with Crippen molar-refractivity contribution in [3.8, 4) is 0 Å². The topological polar surface area (TPSA) is 55.4 Å². The van der Waals surface area contributed by atoms with E-state index in [1.165, 1.54) is 0 Å². The van der Waals surface area contributed by atoms with Gasteiger partial charge in [0.25, 0.3) is 11.8 Å². The molecule has 3 aliphatic rings. The Bertz CT molecular complexity index is 410. The van der Waals surface area contributed by atoms with Crippen molar-refractivity contribution in [3.05, 3.63) is 23.3 Å². The molecule has 0 aromatic heterocycles. The van der Waals surface area contributed by atoms with Gasteiger partial charge >= 0.3 is 0 Å². The number of hydrogen-bond acceptors (Lipinski definition) is 3. The van der Waals surface area contributed by atoms with Crippen LogP contribution in [0.25, 0.3) is 0 Å². The molecule has 3 heterocycles. The minimum Gasteiger partial charge on any atom is -0.351 e. The molecule has 4 heteroatoms. The highest BCUT2D eigenvalue weighted by Gasteiger charge is 2.59. The van der Waals surface area contributed by atoms with Gasteiger partial charge < -0.3 is 4.74 Å². The summed E-state index contributed by atoms with van der Waals surface area (Å²) >= 11 is 0. The van der Waals surface area contributed by atoms with E-state index in [0.717, 1.165) is 0 Å². The van der Waals surface area contributed by atoms with E-state index in [9.17, 15) is 9.59 Å². The van der Waals surface area contributed by atoms with Gasteiger partial charge in [0, 0.05) is 0 Å². The molecule has 3 aliphatic heterocycles. The zero-order chi connectivity index (χ0) is 10.1. The van der Waals surface area contributed by atoms with E-state index in [1.807, 2.05) is 12.2 Å². The highest BCUT2D eigenvalue weighted by molar-refractivity contribution is 6.22. The summed E-state index contributed by atoms with van der Waals surface area (Å²) in [4.78, 5) is 23.0. The third-order valence-corrected chi connectivity index (χ3v) is 3.07. The summed E-state index contributed by atoms with van der Waals surface area (Å²) in [5.41, 5.74) is -0.458. The van der Waals surface area contributed by atoms with Crippen molar-refractivity contribution in [2.45, 2.75) is 25.0 Å². The predicted octanol–water partition coefficient (Wildman–Crippen LogP) is 0.0568. The van der Waals surface area contributed by atoms with Gasteiger partial charge in [0.1, 0.15) is 11.2 Å². The Morgan fingerprint density at radius 2 is 1.50 bits per heavy atom. The lowest BCUT2D eigenvalue weighted by atomic mass is 9.85. The number of hydrogen-bond donors (Lipinski definition) is 1. The molecule has 0 radical (unpaired) electrons. The molecule has 0 aromatic rings. The zero-order valence-corrected chi connectivity index (χ0v) is 7.88. The Balaban J connectivity index is 2.30. The molecule has 14 heavy (non-hydrogen) atoms. The molecule has 3 rings (SSSR count). The number of nitrogens with one attached hydrogen (secondary N) is 1. The number of imide groups is 1. The van der Waals surface area contributed by atoms with Crippen molar-refractivity contribution >= 4 is 11.8 Å². The SMILES string of the molecule is CC12C=CC(C)(O1)C1=C2C(=O)NC1=O. The summed E-state index contributed by atoms with van der Waals surface area (Å²) in [6.07, 6.45) is 3.67. The highest BCUT2D eigenvalue weighted by Crippen LogP contribution is 2.51. The fraction of sp³-hybridized carbons (Fsp3) is 0.400. The Morgan fingerprint density at radius 3 is 1.93 bits per heavy atom. The van der Waals surface area contributed by atoms with E-state index in [0.29, 0.717) is 11.1 Å². The predicted molar refractivity (Wildman–Crippen MR) is 47.2 cm³/mol. The molecule has 0 spiro atoms. The molecule has 0 fully saturated rings. The molecule has 72 valence electrons. The van der Waals surface area contributed by atoms with E-state index < -0.39 is 11.2 Å². The second kappa shape index (κ2) is 1.83. The van der Waals surface area contributed by atoms with E-state index in [-0.39, 0.29) is 11.8 Å². The Labute approximate surface area is 80.6 Å². The number of amides is 2. The van der Waals surface area contributed by atoms with Gasteiger partial charge in [-0.15, -0.1) is 0 Å². The third-order valence-electron chi connectivity index (χ3n) is 3.07. The summed E-state index contributed by atoms with van der Waals surface area (Å²) in [6, 6.07) is 0. The summed E-state index contributed by atoms with van der Waals surface area (Å²) in [5.74, 6) is -0.638. The van der Waals surface area contributed by atoms with E-state index >= 15 is 0 Å². The van der Waals surface area contributed by atoms with Crippen molar-refractivity contribution in [2.75, 3.05) is 0 Å². The van der Waals surface area contributed by atoms with Crippen LogP contribution in [0.15, 0.2) is 23.3 Å². The molecule has 2 unspecified atom stereocenters. The quantitative estimate of drug-likeness (QED) is 0.435. The molecular weight excluding hydrogens is 182 g/mol. The van der Waals surface area contributed by atoms with Gasteiger partial charge in [-0.3, -0.25) is 14.9 Å². The minimum absolute atomic E-state index is 0.319. The number of carbonyl (C=O) groups is 2. The smallest absolute Gasteiger partial charge is 0.257 e. The third kappa shape index (κ3) is 0.620. The van der Waals surface area contributed by atoms with E-state index in [1.54, 1.807) is 13.8 Å². The second-order valence-electron chi connectivity index (χ2n) is 4.18. The van der Waals surface area contributed by atoms with Gasteiger partial charge in [-0.1, -0.05) is 0 Å². The van der Waals surface area contributed by atoms with Crippen LogP contribution in [0.1, 0.15) is 13.8 Å². The van der Waals surface area contributed by atoms with Gasteiger partial charge in [-0.2, -0.15) is 0 Å². The fourth-order valence-corrected chi connectivity index (χ4v) is 2.50. The first-order valence-corrected chi connectivity index (χ1v) is 4.48. The lowest BCUT2D eigenvalue weighted by Gasteiger charge is -2.22. The molecule has 0 aromatic carbocycles. The maximum atomic E-state index is 11.5. The number of ether oxygens (including phenoxy) is 1. The molecule has 4 nitrogen and oxygen atoms in total. The minimum atomic E-state index is -0.708. The van der Waals surface area contributed by atoms with Crippen molar-refractivity contribution in [2.24, 2.45) is 0 Å². The maximum Gasteiger partial charge on any atom is 0.257 e. The zero-order valence-electron chi connectivity index (χ0n) is 7.88. The van der Waals surface area contributed by atoms with Gasteiger partial charge in [-0.25, -0.2) is 0 Å². The number of rotatable bonds is 0.